The van der Waals surface area contributed by atoms with Crippen LogP contribution in [0.2, 0.25) is 0 Å². The van der Waals surface area contributed by atoms with Crippen LogP contribution in [0.5, 0.6) is 0 Å². The van der Waals surface area contributed by atoms with E-state index in [1.54, 1.807) is 6.21 Å². The fourth-order valence-electron chi connectivity index (χ4n) is 5.18. The van der Waals surface area contributed by atoms with Crippen LogP contribution < -0.4 is 5.73 Å². The molecule has 0 aromatic rings. The highest BCUT2D eigenvalue weighted by atomic mass is 16.4. The van der Waals surface area contributed by atoms with Crippen molar-refractivity contribution in [3.05, 3.63) is 0 Å². The summed E-state index contributed by atoms with van der Waals surface area (Å²) in [7, 11) is 0. The summed E-state index contributed by atoms with van der Waals surface area (Å²) in [6, 6.07) is 0. The van der Waals surface area contributed by atoms with E-state index in [0.717, 1.165) is 25.7 Å². The van der Waals surface area contributed by atoms with Gasteiger partial charge in [-0.05, 0) is 55.4 Å². The first-order valence-electron chi connectivity index (χ1n) is 6.50. The van der Waals surface area contributed by atoms with Gasteiger partial charge in [0.1, 0.15) is 0 Å². The first kappa shape index (κ1) is 11.2. The molecule has 2 bridgehead atoms. The molecule has 5 atom stereocenters. The number of aliphatic carboxylic acids is 1. The second kappa shape index (κ2) is 3.31. The minimum absolute atomic E-state index is 0.0846. The van der Waals surface area contributed by atoms with Gasteiger partial charge in [0.25, 0.3) is 0 Å². The highest BCUT2D eigenvalue weighted by Crippen LogP contribution is 2.73. The normalized spacial score (nSPS) is 50.8. The lowest BCUT2D eigenvalue weighted by molar-refractivity contribution is -0.156. The molecule has 0 aliphatic heterocycles. The van der Waals surface area contributed by atoms with Gasteiger partial charge in [-0.1, -0.05) is 0 Å². The molecular formula is C13H20N2O2. The van der Waals surface area contributed by atoms with E-state index in [1.807, 2.05) is 0 Å². The van der Waals surface area contributed by atoms with E-state index in [2.05, 4.69) is 0 Å². The Morgan fingerprint density at radius 1 is 1.47 bits per heavy atom. The third kappa shape index (κ3) is 1.22. The Kier molecular flexibility index (Phi) is 2.18. The molecule has 4 nitrogen and oxygen atoms in total. The molecule has 0 heterocycles. The van der Waals surface area contributed by atoms with Crippen molar-refractivity contribution in [3.8, 4) is 0 Å². The SMILES string of the molecule is N=C[C@@]12CC[C@H]3[C@@H](C1)[C@@H](C2)[C@@]3(CN)CC(=O)O. The lowest BCUT2D eigenvalue weighted by Crippen LogP contribution is -2.59. The summed E-state index contributed by atoms with van der Waals surface area (Å²) in [5.74, 6) is 0.892. The maximum atomic E-state index is 11.1. The molecular weight excluding hydrogens is 216 g/mol. The number of rotatable bonds is 4. The monoisotopic (exact) mass is 236 g/mol. The summed E-state index contributed by atoms with van der Waals surface area (Å²) >= 11 is 0. The predicted octanol–water partition coefficient (Wildman–Crippen LogP) is 1.49. The second-order valence-corrected chi connectivity index (χ2v) is 6.34. The van der Waals surface area contributed by atoms with E-state index in [-0.39, 0.29) is 17.3 Å². The van der Waals surface area contributed by atoms with Crippen molar-refractivity contribution in [2.45, 2.75) is 32.1 Å². The lowest BCUT2D eigenvalue weighted by Gasteiger charge is -2.59. The topological polar surface area (TPSA) is 87.2 Å². The van der Waals surface area contributed by atoms with Gasteiger partial charge in [0.15, 0.2) is 0 Å². The van der Waals surface area contributed by atoms with E-state index in [1.165, 1.54) is 0 Å². The lowest BCUT2D eigenvalue weighted by atomic mass is 9.45. The number of nitrogens with two attached hydrogens (primary N) is 1. The average molecular weight is 236 g/mol. The van der Waals surface area contributed by atoms with Gasteiger partial charge in [0.2, 0.25) is 0 Å². The molecule has 3 fully saturated rings. The molecule has 3 saturated carbocycles. The van der Waals surface area contributed by atoms with Crippen LogP contribution in [0, 0.1) is 34.0 Å². The smallest absolute Gasteiger partial charge is 0.303 e. The number of hydrogen-bond donors (Lipinski definition) is 3. The molecule has 0 amide bonds. The van der Waals surface area contributed by atoms with E-state index in [9.17, 15) is 4.79 Å². The van der Waals surface area contributed by atoms with Gasteiger partial charge < -0.3 is 16.2 Å². The molecule has 3 aliphatic carbocycles. The third-order valence-corrected chi connectivity index (χ3v) is 5.90. The number of carboxylic acid groups (broad SMARTS) is 1. The molecule has 4 heteroatoms. The maximum absolute atomic E-state index is 11.1. The van der Waals surface area contributed by atoms with Crippen LogP contribution >= 0.6 is 0 Å². The molecule has 0 radical (unpaired) electrons. The van der Waals surface area contributed by atoms with Gasteiger partial charge in [0.05, 0.1) is 6.42 Å². The molecule has 94 valence electrons. The van der Waals surface area contributed by atoms with Crippen molar-refractivity contribution in [1.29, 1.82) is 5.41 Å². The summed E-state index contributed by atoms with van der Waals surface area (Å²) in [6.07, 6.45) is 6.10. The fourth-order valence-corrected chi connectivity index (χ4v) is 5.18. The molecule has 0 spiro atoms. The Balaban J connectivity index is 1.91. The summed E-state index contributed by atoms with van der Waals surface area (Å²) < 4.78 is 0. The van der Waals surface area contributed by atoms with Crippen molar-refractivity contribution in [3.63, 3.8) is 0 Å². The molecule has 0 unspecified atom stereocenters. The van der Waals surface area contributed by atoms with Crippen LogP contribution in [0.3, 0.4) is 0 Å². The zero-order valence-corrected chi connectivity index (χ0v) is 9.98. The zero-order chi connectivity index (χ0) is 12.3. The van der Waals surface area contributed by atoms with Crippen LogP contribution in [0.15, 0.2) is 0 Å². The summed E-state index contributed by atoms with van der Waals surface area (Å²) in [5.41, 5.74) is 5.85. The summed E-state index contributed by atoms with van der Waals surface area (Å²) in [6.45, 7) is 0.499. The standard InChI is InChI=1S/C13H20N2O2/c14-6-12-2-1-9-8(3-12)10(4-12)13(9,7-15)5-11(16)17/h6,8-10,14H,1-5,7,15H2,(H,16,17)/t8-,9+,10-,12+,13-/m1/s1. The van der Waals surface area contributed by atoms with Crippen molar-refractivity contribution in [2.24, 2.45) is 34.3 Å². The first-order valence-corrected chi connectivity index (χ1v) is 6.50. The summed E-state index contributed by atoms with van der Waals surface area (Å²) in [5, 5.41) is 16.7. The van der Waals surface area contributed by atoms with E-state index in [4.69, 9.17) is 16.2 Å². The van der Waals surface area contributed by atoms with Crippen LogP contribution in [-0.2, 0) is 4.79 Å². The number of fused-ring (bicyclic) bond motifs is 1. The van der Waals surface area contributed by atoms with Crippen LogP contribution in [0.4, 0.5) is 0 Å². The highest BCUT2D eigenvalue weighted by Gasteiger charge is 2.69. The number of nitrogens with one attached hydrogen (secondary N) is 1. The van der Waals surface area contributed by atoms with Gasteiger partial charge in [-0.3, -0.25) is 4.79 Å². The fraction of sp³-hybridized carbons (Fsp3) is 0.846. The van der Waals surface area contributed by atoms with Gasteiger partial charge in [-0.2, -0.15) is 0 Å². The highest BCUT2D eigenvalue weighted by molar-refractivity contribution is 5.69. The Morgan fingerprint density at radius 2 is 2.24 bits per heavy atom. The zero-order valence-electron chi connectivity index (χ0n) is 9.98. The van der Waals surface area contributed by atoms with Gasteiger partial charge in [-0.25, -0.2) is 0 Å². The third-order valence-electron chi connectivity index (χ3n) is 5.90. The summed E-state index contributed by atoms with van der Waals surface area (Å²) in [4.78, 5) is 11.1. The molecule has 0 aromatic heterocycles. The Bertz CT molecular complexity index is 384. The quantitative estimate of drug-likeness (QED) is 0.646. The number of carbonyl (C=O) groups is 1. The maximum Gasteiger partial charge on any atom is 0.303 e. The molecule has 3 aliphatic rings. The molecule has 4 N–H and O–H groups in total. The number of hydrogen-bond acceptors (Lipinski definition) is 3. The van der Waals surface area contributed by atoms with Crippen LogP contribution in [0.25, 0.3) is 0 Å². The van der Waals surface area contributed by atoms with E-state index < -0.39 is 5.97 Å². The largest absolute Gasteiger partial charge is 0.481 e. The molecule has 3 rings (SSSR count). The van der Waals surface area contributed by atoms with Gasteiger partial charge >= 0.3 is 5.97 Å². The van der Waals surface area contributed by atoms with Gasteiger partial charge in [0, 0.05) is 11.6 Å². The Morgan fingerprint density at radius 3 is 2.82 bits per heavy atom. The van der Waals surface area contributed by atoms with Crippen LogP contribution in [0.1, 0.15) is 32.1 Å². The molecule has 17 heavy (non-hydrogen) atoms. The van der Waals surface area contributed by atoms with Crippen molar-refractivity contribution in [1.82, 2.24) is 0 Å². The minimum atomic E-state index is -0.715. The van der Waals surface area contributed by atoms with Crippen molar-refractivity contribution >= 4 is 12.2 Å². The van der Waals surface area contributed by atoms with Crippen molar-refractivity contribution < 1.29 is 9.90 Å². The Hall–Kier alpha value is -0.900. The van der Waals surface area contributed by atoms with Crippen molar-refractivity contribution in [2.75, 3.05) is 6.54 Å². The van der Waals surface area contributed by atoms with Gasteiger partial charge in [-0.15, -0.1) is 0 Å². The number of carboxylic acids is 1. The van der Waals surface area contributed by atoms with Crippen LogP contribution in [-0.4, -0.2) is 23.8 Å². The molecule has 0 aromatic carbocycles. The minimum Gasteiger partial charge on any atom is -0.481 e. The Labute approximate surface area is 101 Å². The first-order chi connectivity index (χ1) is 8.07. The average Bonchev–Trinajstić information content (AvgIpc) is 2.48. The predicted molar refractivity (Wildman–Crippen MR) is 63.9 cm³/mol. The van der Waals surface area contributed by atoms with E-state index in [0.29, 0.717) is 24.3 Å². The van der Waals surface area contributed by atoms with E-state index >= 15 is 0 Å². The molecule has 0 saturated heterocycles. The second-order valence-electron chi connectivity index (χ2n) is 6.34.